The minimum absolute atomic E-state index is 0.00368. The lowest BCUT2D eigenvalue weighted by molar-refractivity contribution is -0.140. The van der Waals surface area contributed by atoms with Gasteiger partial charge in [0.05, 0.1) is 5.56 Å². The number of tetrazole rings is 1. The van der Waals surface area contributed by atoms with Crippen LogP contribution < -0.4 is 5.32 Å². The minimum Gasteiger partial charge on any atom is -0.345 e. The fraction of sp³-hybridized carbons (Fsp3) is 0.385. The molecule has 6 nitrogen and oxygen atoms in total. The molecule has 0 aliphatic carbocycles. The van der Waals surface area contributed by atoms with Crippen LogP contribution in [0.4, 0.5) is 26.3 Å². The Hall–Kier alpha value is -2.66. The summed E-state index contributed by atoms with van der Waals surface area (Å²) in [5, 5.41) is 12.4. The van der Waals surface area contributed by atoms with Crippen LogP contribution in [0.15, 0.2) is 24.3 Å². The molecule has 0 saturated carbocycles. The van der Waals surface area contributed by atoms with Gasteiger partial charge in [-0.25, -0.2) is 0 Å². The molecule has 136 valence electrons. The van der Waals surface area contributed by atoms with Gasteiger partial charge >= 0.3 is 12.4 Å². The SMILES string of the molecule is CC(C(=O)NCC(F)(F)F)n1nnc(-c2cccc(C(F)(F)F)c2)n1. The van der Waals surface area contributed by atoms with E-state index < -0.39 is 36.4 Å². The fourth-order valence-electron chi connectivity index (χ4n) is 1.78. The van der Waals surface area contributed by atoms with E-state index in [0.29, 0.717) is 0 Å². The molecule has 0 aliphatic heterocycles. The summed E-state index contributed by atoms with van der Waals surface area (Å²) < 4.78 is 74.3. The van der Waals surface area contributed by atoms with E-state index in [4.69, 9.17) is 0 Å². The quantitative estimate of drug-likeness (QED) is 0.844. The van der Waals surface area contributed by atoms with Crippen molar-refractivity contribution < 1.29 is 31.1 Å². The van der Waals surface area contributed by atoms with Crippen molar-refractivity contribution in [3.8, 4) is 11.4 Å². The van der Waals surface area contributed by atoms with Gasteiger partial charge in [0.2, 0.25) is 11.7 Å². The van der Waals surface area contributed by atoms with E-state index in [-0.39, 0.29) is 11.4 Å². The Labute approximate surface area is 136 Å². The Kier molecular flexibility index (Phi) is 4.99. The zero-order valence-corrected chi connectivity index (χ0v) is 12.6. The molecule has 0 fully saturated rings. The van der Waals surface area contributed by atoms with E-state index in [2.05, 4.69) is 15.4 Å². The van der Waals surface area contributed by atoms with Crippen molar-refractivity contribution in [3.63, 3.8) is 0 Å². The molecule has 0 radical (unpaired) electrons. The largest absolute Gasteiger partial charge is 0.416 e. The molecule has 0 saturated heterocycles. The predicted octanol–water partition coefficient (Wildman–Crippen LogP) is 2.60. The molecule has 2 aromatic rings. The standard InChI is InChI=1S/C13H11F6N5O/c1-7(11(25)20-6-12(14,15)16)24-22-10(21-23-24)8-3-2-4-9(5-8)13(17,18)19/h2-5,7H,6H2,1H3,(H,20,25). The third-order valence-electron chi connectivity index (χ3n) is 3.07. The van der Waals surface area contributed by atoms with E-state index in [1.807, 2.05) is 0 Å². The van der Waals surface area contributed by atoms with Crippen molar-refractivity contribution in [2.75, 3.05) is 6.54 Å². The summed E-state index contributed by atoms with van der Waals surface area (Å²) in [5.74, 6) is -1.20. The number of carbonyl (C=O) groups excluding carboxylic acids is 1. The number of amides is 1. The van der Waals surface area contributed by atoms with Crippen LogP contribution in [0.2, 0.25) is 0 Å². The zero-order valence-electron chi connectivity index (χ0n) is 12.6. The molecular weight excluding hydrogens is 356 g/mol. The summed E-state index contributed by atoms with van der Waals surface area (Å²) in [4.78, 5) is 12.4. The second-order valence-electron chi connectivity index (χ2n) is 5.02. The van der Waals surface area contributed by atoms with Crippen molar-refractivity contribution >= 4 is 5.91 Å². The molecule has 0 aliphatic rings. The molecule has 25 heavy (non-hydrogen) atoms. The number of benzene rings is 1. The number of carbonyl (C=O) groups is 1. The number of rotatable bonds is 4. The zero-order chi connectivity index (χ0) is 18.8. The van der Waals surface area contributed by atoms with E-state index in [1.54, 1.807) is 5.32 Å². The molecule has 1 unspecified atom stereocenters. The summed E-state index contributed by atoms with van der Waals surface area (Å²) in [6.07, 6.45) is -9.13. The lowest BCUT2D eigenvalue weighted by atomic mass is 10.1. The molecule has 1 aromatic carbocycles. The van der Waals surface area contributed by atoms with Crippen molar-refractivity contribution in [2.45, 2.75) is 25.3 Å². The normalized spacial score (nSPS) is 13.6. The predicted molar refractivity (Wildman–Crippen MR) is 72.0 cm³/mol. The van der Waals surface area contributed by atoms with Gasteiger partial charge in [-0.3, -0.25) is 4.79 Å². The fourth-order valence-corrected chi connectivity index (χ4v) is 1.78. The summed E-state index contributed by atoms with van der Waals surface area (Å²) in [7, 11) is 0. The second kappa shape index (κ2) is 6.69. The van der Waals surface area contributed by atoms with Gasteiger partial charge in [0.1, 0.15) is 12.6 Å². The highest BCUT2D eigenvalue weighted by Gasteiger charge is 2.31. The van der Waals surface area contributed by atoms with Gasteiger partial charge < -0.3 is 5.32 Å². The third kappa shape index (κ3) is 4.90. The molecule has 2 rings (SSSR count). The smallest absolute Gasteiger partial charge is 0.345 e. The molecule has 1 amide bonds. The molecule has 1 heterocycles. The number of aromatic nitrogens is 4. The van der Waals surface area contributed by atoms with Gasteiger partial charge in [0.25, 0.3) is 0 Å². The van der Waals surface area contributed by atoms with Gasteiger partial charge in [-0.1, -0.05) is 12.1 Å². The number of hydrogen-bond donors (Lipinski definition) is 1. The Morgan fingerprint density at radius 2 is 1.92 bits per heavy atom. The highest BCUT2D eigenvalue weighted by atomic mass is 19.4. The molecular formula is C13H11F6N5O. The first-order valence-electron chi connectivity index (χ1n) is 6.79. The van der Waals surface area contributed by atoms with Gasteiger partial charge in [-0.2, -0.15) is 31.1 Å². The minimum atomic E-state index is -4.58. The van der Waals surface area contributed by atoms with Gasteiger partial charge in [0, 0.05) is 5.56 Å². The monoisotopic (exact) mass is 367 g/mol. The second-order valence-corrected chi connectivity index (χ2v) is 5.02. The first-order chi connectivity index (χ1) is 11.5. The molecule has 1 N–H and O–H groups in total. The number of hydrogen-bond acceptors (Lipinski definition) is 4. The number of nitrogens with one attached hydrogen (secondary N) is 1. The Balaban J connectivity index is 2.16. The van der Waals surface area contributed by atoms with Crippen LogP contribution in [-0.2, 0) is 11.0 Å². The molecule has 1 atom stereocenters. The average molecular weight is 367 g/mol. The first-order valence-corrected chi connectivity index (χ1v) is 6.79. The molecule has 0 bridgehead atoms. The Morgan fingerprint density at radius 3 is 2.52 bits per heavy atom. The highest BCUT2D eigenvalue weighted by molar-refractivity contribution is 5.79. The van der Waals surface area contributed by atoms with Crippen molar-refractivity contribution in [1.82, 2.24) is 25.5 Å². The van der Waals surface area contributed by atoms with Crippen LogP contribution in [0.25, 0.3) is 11.4 Å². The van der Waals surface area contributed by atoms with Gasteiger partial charge in [0.15, 0.2) is 0 Å². The van der Waals surface area contributed by atoms with Crippen molar-refractivity contribution in [1.29, 1.82) is 0 Å². The summed E-state index contributed by atoms with van der Waals surface area (Å²) in [6, 6.07) is 2.90. The summed E-state index contributed by atoms with van der Waals surface area (Å²) in [6.45, 7) is -0.297. The third-order valence-corrected chi connectivity index (χ3v) is 3.07. The maximum atomic E-state index is 12.7. The van der Waals surface area contributed by atoms with Gasteiger partial charge in [-0.05, 0) is 24.3 Å². The summed E-state index contributed by atoms with van der Waals surface area (Å²) >= 11 is 0. The number of nitrogens with zero attached hydrogens (tertiary/aromatic N) is 4. The Bertz CT molecular complexity index is 754. The van der Waals surface area contributed by atoms with Crippen LogP contribution in [-0.4, -0.2) is 38.8 Å². The highest BCUT2D eigenvalue weighted by Crippen LogP contribution is 2.31. The number of halogens is 6. The van der Waals surface area contributed by atoms with Crippen LogP contribution in [0.3, 0.4) is 0 Å². The molecule has 0 spiro atoms. The van der Waals surface area contributed by atoms with E-state index >= 15 is 0 Å². The van der Waals surface area contributed by atoms with Gasteiger partial charge in [-0.15, -0.1) is 10.2 Å². The van der Waals surface area contributed by atoms with Crippen LogP contribution in [0.1, 0.15) is 18.5 Å². The lowest BCUT2D eigenvalue weighted by Gasteiger charge is -2.12. The van der Waals surface area contributed by atoms with E-state index in [1.165, 1.54) is 13.0 Å². The topological polar surface area (TPSA) is 72.7 Å². The van der Waals surface area contributed by atoms with Crippen molar-refractivity contribution in [2.24, 2.45) is 0 Å². The Morgan fingerprint density at radius 1 is 1.24 bits per heavy atom. The van der Waals surface area contributed by atoms with Crippen LogP contribution in [0, 0.1) is 0 Å². The van der Waals surface area contributed by atoms with Crippen molar-refractivity contribution in [3.05, 3.63) is 29.8 Å². The average Bonchev–Trinajstić information content (AvgIpc) is 3.00. The number of alkyl halides is 6. The molecule has 1 aromatic heterocycles. The van der Waals surface area contributed by atoms with E-state index in [0.717, 1.165) is 23.0 Å². The maximum absolute atomic E-state index is 12.7. The van der Waals surface area contributed by atoms with Crippen LogP contribution in [0.5, 0.6) is 0 Å². The molecule has 12 heteroatoms. The summed E-state index contributed by atoms with van der Waals surface area (Å²) in [5.41, 5.74) is -0.915. The lowest BCUT2D eigenvalue weighted by Crippen LogP contribution is -2.38. The van der Waals surface area contributed by atoms with E-state index in [9.17, 15) is 31.1 Å². The van der Waals surface area contributed by atoms with Crippen LogP contribution >= 0.6 is 0 Å². The maximum Gasteiger partial charge on any atom is 0.416 e. The first kappa shape index (κ1) is 18.7.